The summed E-state index contributed by atoms with van der Waals surface area (Å²) < 4.78 is 26.7. The van der Waals surface area contributed by atoms with E-state index >= 15 is 0 Å². The second-order valence-electron chi connectivity index (χ2n) is 4.43. The van der Waals surface area contributed by atoms with Crippen LogP contribution in [0.5, 0.6) is 0 Å². The van der Waals surface area contributed by atoms with E-state index < -0.39 is 11.8 Å². The third-order valence-electron chi connectivity index (χ3n) is 2.93. The van der Waals surface area contributed by atoms with E-state index in [1.54, 1.807) is 19.1 Å². The van der Waals surface area contributed by atoms with E-state index in [2.05, 4.69) is 5.32 Å². The SMILES string of the molecule is Cc1cc(NCc2cc(C(=O)O)ccc2F)ccc1F. The highest BCUT2D eigenvalue weighted by Gasteiger charge is 2.08. The molecule has 0 aliphatic rings. The van der Waals surface area contributed by atoms with Gasteiger partial charge in [0, 0.05) is 17.8 Å². The van der Waals surface area contributed by atoms with Gasteiger partial charge in [0.05, 0.1) is 5.56 Å². The van der Waals surface area contributed by atoms with Gasteiger partial charge in [-0.15, -0.1) is 0 Å². The molecule has 2 rings (SSSR count). The van der Waals surface area contributed by atoms with Crippen molar-refractivity contribution in [2.24, 2.45) is 0 Å². The predicted octanol–water partition coefficient (Wildman–Crippen LogP) is 3.58. The van der Waals surface area contributed by atoms with Gasteiger partial charge in [0.2, 0.25) is 0 Å². The molecule has 0 aromatic heterocycles. The molecular formula is C15H13F2NO2. The van der Waals surface area contributed by atoms with Crippen LogP contribution in [-0.4, -0.2) is 11.1 Å². The second kappa shape index (κ2) is 5.69. The first-order valence-corrected chi connectivity index (χ1v) is 5.99. The van der Waals surface area contributed by atoms with Crippen molar-refractivity contribution < 1.29 is 18.7 Å². The number of nitrogens with one attached hydrogen (secondary N) is 1. The third-order valence-corrected chi connectivity index (χ3v) is 2.93. The highest BCUT2D eigenvalue weighted by atomic mass is 19.1. The fourth-order valence-corrected chi connectivity index (χ4v) is 1.80. The van der Waals surface area contributed by atoms with Crippen LogP contribution in [0.4, 0.5) is 14.5 Å². The number of hydrogen-bond donors (Lipinski definition) is 2. The van der Waals surface area contributed by atoms with Crippen LogP contribution in [0, 0.1) is 18.6 Å². The summed E-state index contributed by atoms with van der Waals surface area (Å²) in [5.41, 5.74) is 1.39. The van der Waals surface area contributed by atoms with E-state index in [0.717, 1.165) is 6.07 Å². The van der Waals surface area contributed by atoms with Gasteiger partial charge in [0.1, 0.15) is 11.6 Å². The van der Waals surface area contributed by atoms with Crippen LogP contribution < -0.4 is 5.32 Å². The van der Waals surface area contributed by atoms with Crippen LogP contribution in [0.3, 0.4) is 0 Å². The minimum atomic E-state index is -1.11. The van der Waals surface area contributed by atoms with Crippen molar-refractivity contribution in [1.29, 1.82) is 0 Å². The Morgan fingerprint density at radius 2 is 1.85 bits per heavy atom. The molecule has 0 fully saturated rings. The van der Waals surface area contributed by atoms with Crippen molar-refractivity contribution in [3.63, 3.8) is 0 Å². The van der Waals surface area contributed by atoms with Crippen LogP contribution >= 0.6 is 0 Å². The summed E-state index contributed by atoms with van der Waals surface area (Å²) >= 11 is 0. The molecule has 5 heteroatoms. The maximum atomic E-state index is 13.6. The summed E-state index contributed by atoms with van der Waals surface area (Å²) in [7, 11) is 0. The van der Waals surface area contributed by atoms with E-state index in [4.69, 9.17) is 5.11 Å². The van der Waals surface area contributed by atoms with Crippen LogP contribution in [0.1, 0.15) is 21.5 Å². The topological polar surface area (TPSA) is 49.3 Å². The largest absolute Gasteiger partial charge is 0.478 e. The van der Waals surface area contributed by atoms with Gasteiger partial charge in [-0.3, -0.25) is 0 Å². The number of carboxylic acids is 1. The maximum Gasteiger partial charge on any atom is 0.335 e. The minimum absolute atomic E-state index is 0.0264. The molecule has 20 heavy (non-hydrogen) atoms. The molecule has 2 aromatic rings. The van der Waals surface area contributed by atoms with Gasteiger partial charge in [-0.1, -0.05) is 0 Å². The molecule has 2 aromatic carbocycles. The average Bonchev–Trinajstić information content (AvgIpc) is 2.41. The molecule has 0 aliphatic carbocycles. The van der Waals surface area contributed by atoms with Crippen molar-refractivity contribution in [2.75, 3.05) is 5.32 Å². The van der Waals surface area contributed by atoms with Crippen molar-refractivity contribution in [1.82, 2.24) is 0 Å². The summed E-state index contributed by atoms with van der Waals surface area (Å²) in [6.45, 7) is 1.75. The Bertz CT molecular complexity index is 656. The summed E-state index contributed by atoms with van der Waals surface area (Å²) in [5.74, 6) is -1.90. The van der Waals surface area contributed by atoms with Gasteiger partial charge >= 0.3 is 5.97 Å². The highest BCUT2D eigenvalue weighted by molar-refractivity contribution is 5.87. The van der Waals surface area contributed by atoms with Gasteiger partial charge in [-0.2, -0.15) is 0 Å². The number of halogens is 2. The number of carbonyl (C=O) groups is 1. The normalized spacial score (nSPS) is 10.3. The van der Waals surface area contributed by atoms with Crippen molar-refractivity contribution in [3.05, 3.63) is 64.7 Å². The van der Waals surface area contributed by atoms with Crippen molar-refractivity contribution in [3.8, 4) is 0 Å². The fourth-order valence-electron chi connectivity index (χ4n) is 1.80. The van der Waals surface area contributed by atoms with Crippen LogP contribution in [-0.2, 0) is 6.54 Å². The molecule has 0 heterocycles. The maximum absolute atomic E-state index is 13.6. The van der Waals surface area contributed by atoms with E-state index in [0.29, 0.717) is 11.3 Å². The first-order chi connectivity index (χ1) is 9.47. The highest BCUT2D eigenvalue weighted by Crippen LogP contribution is 2.16. The molecule has 0 radical (unpaired) electrons. The van der Waals surface area contributed by atoms with Gasteiger partial charge in [0.25, 0.3) is 0 Å². The molecule has 0 saturated heterocycles. The Kier molecular flexibility index (Phi) is 3.98. The standard InChI is InChI=1S/C15H13F2NO2/c1-9-6-12(3-5-13(9)16)18-8-11-7-10(15(19)20)2-4-14(11)17/h2-7,18H,8H2,1H3,(H,19,20). The number of carboxylic acid groups (broad SMARTS) is 1. The van der Waals surface area contributed by atoms with E-state index in [1.807, 2.05) is 0 Å². The number of anilines is 1. The van der Waals surface area contributed by atoms with Gasteiger partial charge in [0.15, 0.2) is 0 Å². The molecule has 0 atom stereocenters. The van der Waals surface area contributed by atoms with Crippen molar-refractivity contribution in [2.45, 2.75) is 13.5 Å². The van der Waals surface area contributed by atoms with Crippen LogP contribution in [0.2, 0.25) is 0 Å². The zero-order chi connectivity index (χ0) is 14.7. The lowest BCUT2D eigenvalue weighted by Gasteiger charge is -2.09. The zero-order valence-corrected chi connectivity index (χ0v) is 10.8. The molecule has 2 N–H and O–H groups in total. The smallest absolute Gasteiger partial charge is 0.335 e. The predicted molar refractivity (Wildman–Crippen MR) is 71.8 cm³/mol. The number of aryl methyl sites for hydroxylation is 1. The Balaban J connectivity index is 2.15. The lowest BCUT2D eigenvalue weighted by molar-refractivity contribution is 0.0696. The fraction of sp³-hybridized carbons (Fsp3) is 0.133. The number of aromatic carboxylic acids is 1. The van der Waals surface area contributed by atoms with Gasteiger partial charge in [-0.25, -0.2) is 13.6 Å². The molecule has 0 unspecified atom stereocenters. The number of benzene rings is 2. The average molecular weight is 277 g/mol. The molecule has 104 valence electrons. The summed E-state index contributed by atoms with van der Waals surface area (Å²) in [4.78, 5) is 10.8. The van der Waals surface area contributed by atoms with Crippen LogP contribution in [0.15, 0.2) is 36.4 Å². The number of rotatable bonds is 4. The summed E-state index contributed by atoms with van der Waals surface area (Å²) in [6.07, 6.45) is 0. The lowest BCUT2D eigenvalue weighted by atomic mass is 10.1. The summed E-state index contributed by atoms with van der Waals surface area (Å²) in [6, 6.07) is 8.08. The second-order valence-corrected chi connectivity index (χ2v) is 4.43. The van der Waals surface area contributed by atoms with E-state index in [-0.39, 0.29) is 23.5 Å². The molecule has 0 saturated carbocycles. The molecule has 0 amide bonds. The Hall–Kier alpha value is -2.43. The summed E-state index contributed by atoms with van der Waals surface area (Å²) in [5, 5.41) is 11.8. The molecule has 0 aliphatic heterocycles. The zero-order valence-electron chi connectivity index (χ0n) is 10.8. The quantitative estimate of drug-likeness (QED) is 0.898. The molecule has 0 spiro atoms. The van der Waals surface area contributed by atoms with Gasteiger partial charge in [-0.05, 0) is 48.9 Å². The molecular weight excluding hydrogens is 264 g/mol. The van der Waals surface area contributed by atoms with E-state index in [1.165, 1.54) is 18.2 Å². The van der Waals surface area contributed by atoms with Gasteiger partial charge < -0.3 is 10.4 Å². The minimum Gasteiger partial charge on any atom is -0.478 e. The Morgan fingerprint density at radius 1 is 1.15 bits per heavy atom. The first kappa shape index (κ1) is 14.0. The Morgan fingerprint density at radius 3 is 2.50 bits per heavy atom. The number of hydrogen-bond acceptors (Lipinski definition) is 2. The molecule has 0 bridgehead atoms. The third kappa shape index (κ3) is 3.12. The monoisotopic (exact) mass is 277 g/mol. The molecule has 3 nitrogen and oxygen atoms in total. The lowest BCUT2D eigenvalue weighted by Crippen LogP contribution is -2.05. The Labute approximate surface area is 114 Å². The first-order valence-electron chi connectivity index (χ1n) is 5.99. The van der Waals surface area contributed by atoms with Crippen molar-refractivity contribution >= 4 is 11.7 Å². The van der Waals surface area contributed by atoms with E-state index in [9.17, 15) is 13.6 Å². The van der Waals surface area contributed by atoms with Crippen LogP contribution in [0.25, 0.3) is 0 Å².